The van der Waals surface area contributed by atoms with Crippen molar-refractivity contribution in [2.45, 2.75) is 19.3 Å². The predicted octanol–water partition coefficient (Wildman–Crippen LogP) is 4.69. The van der Waals surface area contributed by atoms with Crippen molar-refractivity contribution in [2.24, 2.45) is 5.92 Å². The maximum atomic E-state index is 12.9. The van der Waals surface area contributed by atoms with E-state index in [1.54, 1.807) is 54.3 Å². The number of aryl methyl sites for hydroxylation is 1. The molecule has 0 spiro atoms. The molecule has 0 radical (unpaired) electrons. The van der Waals surface area contributed by atoms with Gasteiger partial charge in [0.15, 0.2) is 5.78 Å². The van der Waals surface area contributed by atoms with Crippen molar-refractivity contribution in [3.8, 4) is 6.07 Å². The van der Waals surface area contributed by atoms with E-state index in [0.29, 0.717) is 5.56 Å². The largest absolute Gasteiger partial charge is 0.340 e. The summed E-state index contributed by atoms with van der Waals surface area (Å²) in [6.45, 7) is 0. The number of nitrogens with one attached hydrogen (secondary N) is 1. The van der Waals surface area contributed by atoms with Gasteiger partial charge in [-0.15, -0.1) is 11.3 Å². The van der Waals surface area contributed by atoms with Gasteiger partial charge < -0.3 is 5.32 Å². The number of thiophene rings is 1. The van der Waals surface area contributed by atoms with Gasteiger partial charge in [-0.2, -0.15) is 5.26 Å². The van der Waals surface area contributed by atoms with E-state index >= 15 is 0 Å². The summed E-state index contributed by atoms with van der Waals surface area (Å²) in [7, 11) is 0. The zero-order valence-corrected chi connectivity index (χ0v) is 16.8. The summed E-state index contributed by atoms with van der Waals surface area (Å²) < 4.78 is 0. The second kappa shape index (κ2) is 7.65. The Bertz CT molecular complexity index is 1290. The van der Waals surface area contributed by atoms with E-state index in [1.165, 1.54) is 10.4 Å². The number of fused-ring (bicyclic) bond motifs is 3. The highest BCUT2D eigenvalue weighted by atomic mass is 32.1. The number of aromatic nitrogens is 3. The number of ketones is 1. The molecule has 0 aliphatic heterocycles. The van der Waals surface area contributed by atoms with Gasteiger partial charge in [-0.1, -0.05) is 6.07 Å². The van der Waals surface area contributed by atoms with Gasteiger partial charge in [-0.05, 0) is 55.2 Å². The van der Waals surface area contributed by atoms with Gasteiger partial charge in [0.1, 0.15) is 17.0 Å². The number of Topliss-reactive ketones (excluding diaryl/α,β-unsaturated/α-hetero) is 1. The molecule has 7 heteroatoms. The fourth-order valence-electron chi connectivity index (χ4n) is 3.98. The maximum Gasteiger partial charge on any atom is 0.166 e. The van der Waals surface area contributed by atoms with E-state index in [1.807, 2.05) is 12.1 Å². The molecule has 3 aromatic heterocycles. The molecule has 1 N–H and O–H groups in total. The van der Waals surface area contributed by atoms with Crippen LogP contribution in [0.2, 0.25) is 0 Å². The standard InChI is InChI=1S/C23H17N5OS/c24-12-14-2-1-3-17(10-14)28-22-20-18-5-4-16(21(29)15-6-8-25-9-7-15)11-19(18)30-23(20)27-13-26-22/h1-3,6-10,13,16H,4-5,11H2,(H,26,27,28). The first-order valence-electron chi connectivity index (χ1n) is 9.69. The Hall–Kier alpha value is -3.63. The fraction of sp³-hybridized carbons (Fsp3) is 0.174. The second-order valence-electron chi connectivity index (χ2n) is 7.26. The van der Waals surface area contributed by atoms with Crippen molar-refractivity contribution in [1.82, 2.24) is 15.0 Å². The normalized spacial score (nSPS) is 15.4. The lowest BCUT2D eigenvalue weighted by atomic mass is 9.83. The van der Waals surface area contributed by atoms with Crippen LogP contribution in [0.15, 0.2) is 55.1 Å². The predicted molar refractivity (Wildman–Crippen MR) is 116 cm³/mol. The Morgan fingerprint density at radius 3 is 2.90 bits per heavy atom. The molecule has 3 heterocycles. The first-order valence-corrected chi connectivity index (χ1v) is 10.5. The molecule has 4 aromatic rings. The van der Waals surface area contributed by atoms with Crippen LogP contribution in [-0.2, 0) is 12.8 Å². The van der Waals surface area contributed by atoms with E-state index < -0.39 is 0 Å². The number of anilines is 2. The van der Waals surface area contributed by atoms with Crippen molar-refractivity contribution in [2.75, 3.05) is 5.32 Å². The molecule has 0 amide bonds. The van der Waals surface area contributed by atoms with Crippen LogP contribution in [0.5, 0.6) is 0 Å². The number of hydrogen-bond donors (Lipinski definition) is 1. The van der Waals surface area contributed by atoms with E-state index in [-0.39, 0.29) is 11.7 Å². The summed E-state index contributed by atoms with van der Waals surface area (Å²) in [6.07, 6.45) is 7.22. The van der Waals surface area contributed by atoms with E-state index in [0.717, 1.165) is 46.5 Å². The van der Waals surface area contributed by atoms with Gasteiger partial charge in [-0.3, -0.25) is 9.78 Å². The fourth-order valence-corrected chi connectivity index (χ4v) is 5.25. The second-order valence-corrected chi connectivity index (χ2v) is 8.35. The highest BCUT2D eigenvalue weighted by Crippen LogP contribution is 2.41. The molecule has 0 bridgehead atoms. The number of rotatable bonds is 4. The summed E-state index contributed by atoms with van der Waals surface area (Å²) in [5.41, 5.74) is 3.36. The third-order valence-electron chi connectivity index (χ3n) is 5.44. The van der Waals surface area contributed by atoms with Crippen molar-refractivity contribution in [3.63, 3.8) is 0 Å². The minimum Gasteiger partial charge on any atom is -0.340 e. The van der Waals surface area contributed by atoms with Crippen LogP contribution in [0.3, 0.4) is 0 Å². The van der Waals surface area contributed by atoms with Crippen molar-refractivity contribution >= 4 is 38.8 Å². The molecule has 1 aliphatic rings. The number of carbonyl (C=O) groups is 1. The highest BCUT2D eigenvalue weighted by Gasteiger charge is 2.29. The smallest absolute Gasteiger partial charge is 0.166 e. The number of benzene rings is 1. The molecule has 1 aromatic carbocycles. The summed E-state index contributed by atoms with van der Waals surface area (Å²) in [4.78, 5) is 28.0. The first-order chi connectivity index (χ1) is 14.7. The molecule has 6 nitrogen and oxygen atoms in total. The molecule has 1 atom stereocenters. The number of carbonyl (C=O) groups excluding carboxylic acids is 1. The molecule has 30 heavy (non-hydrogen) atoms. The Kier molecular flexibility index (Phi) is 4.69. The van der Waals surface area contributed by atoms with Gasteiger partial charge in [0.05, 0.1) is 17.0 Å². The zero-order chi connectivity index (χ0) is 20.5. The van der Waals surface area contributed by atoms with Crippen molar-refractivity contribution < 1.29 is 4.79 Å². The zero-order valence-electron chi connectivity index (χ0n) is 16.0. The lowest BCUT2D eigenvalue weighted by molar-refractivity contribution is 0.0909. The summed E-state index contributed by atoms with van der Waals surface area (Å²) >= 11 is 1.64. The number of hydrogen-bond acceptors (Lipinski definition) is 7. The molecule has 5 rings (SSSR count). The van der Waals surface area contributed by atoms with Gasteiger partial charge in [0.2, 0.25) is 0 Å². The van der Waals surface area contributed by atoms with Crippen molar-refractivity contribution in [1.29, 1.82) is 5.26 Å². The monoisotopic (exact) mass is 411 g/mol. The van der Waals surface area contributed by atoms with Crippen LogP contribution in [0, 0.1) is 17.2 Å². The minimum absolute atomic E-state index is 0.0235. The molecule has 0 saturated carbocycles. The summed E-state index contributed by atoms with van der Waals surface area (Å²) in [6, 6.07) is 13.1. The Balaban J connectivity index is 1.47. The molecule has 0 fully saturated rings. The SMILES string of the molecule is N#Cc1cccc(Nc2ncnc3sc4c(c23)CCC(C(=O)c2ccncc2)C4)c1. The summed E-state index contributed by atoms with van der Waals surface area (Å²) in [5, 5.41) is 13.5. The highest BCUT2D eigenvalue weighted by molar-refractivity contribution is 7.19. The van der Waals surface area contributed by atoms with Crippen LogP contribution in [0.4, 0.5) is 11.5 Å². The summed E-state index contributed by atoms with van der Waals surface area (Å²) in [5.74, 6) is 0.898. The van der Waals surface area contributed by atoms with Crippen LogP contribution in [-0.4, -0.2) is 20.7 Å². The van der Waals surface area contributed by atoms with E-state index in [2.05, 4.69) is 26.3 Å². The lowest BCUT2D eigenvalue weighted by Gasteiger charge is -2.21. The Morgan fingerprint density at radius 2 is 2.07 bits per heavy atom. The average Bonchev–Trinajstić information content (AvgIpc) is 3.18. The van der Waals surface area contributed by atoms with Gasteiger partial charge >= 0.3 is 0 Å². The molecule has 0 saturated heterocycles. The number of nitrogens with zero attached hydrogens (tertiary/aromatic N) is 4. The molecular formula is C23H17N5OS. The van der Waals surface area contributed by atoms with Crippen molar-refractivity contribution in [3.05, 3.63) is 76.7 Å². The number of pyridine rings is 1. The van der Waals surface area contributed by atoms with Crippen LogP contribution in [0.25, 0.3) is 10.2 Å². The quantitative estimate of drug-likeness (QED) is 0.490. The molecular weight excluding hydrogens is 394 g/mol. The molecule has 1 unspecified atom stereocenters. The third-order valence-corrected chi connectivity index (χ3v) is 6.60. The van der Waals surface area contributed by atoms with Crippen LogP contribution in [0.1, 0.15) is 32.8 Å². The molecule has 146 valence electrons. The topological polar surface area (TPSA) is 91.6 Å². The van der Waals surface area contributed by atoms with Gasteiger partial charge in [0.25, 0.3) is 0 Å². The van der Waals surface area contributed by atoms with Gasteiger partial charge in [0, 0.05) is 34.4 Å². The molecule has 1 aliphatic carbocycles. The van der Waals surface area contributed by atoms with Gasteiger partial charge in [-0.25, -0.2) is 9.97 Å². The number of nitriles is 1. The maximum absolute atomic E-state index is 12.9. The van der Waals surface area contributed by atoms with Crippen LogP contribution >= 0.6 is 11.3 Å². The van der Waals surface area contributed by atoms with Crippen LogP contribution < -0.4 is 5.32 Å². The minimum atomic E-state index is -0.0235. The average molecular weight is 411 g/mol. The Morgan fingerprint density at radius 1 is 1.20 bits per heavy atom. The lowest BCUT2D eigenvalue weighted by Crippen LogP contribution is -2.22. The Labute approximate surface area is 177 Å². The van der Waals surface area contributed by atoms with E-state index in [4.69, 9.17) is 5.26 Å². The first kappa shape index (κ1) is 18.4. The van der Waals surface area contributed by atoms with E-state index in [9.17, 15) is 4.79 Å². The third kappa shape index (κ3) is 3.31.